The van der Waals surface area contributed by atoms with Crippen LogP contribution in [0.5, 0.6) is 0 Å². The monoisotopic (exact) mass is 419 g/mol. The van der Waals surface area contributed by atoms with Gasteiger partial charge in [0.25, 0.3) is 12.4 Å². The maximum atomic E-state index is 12.4. The van der Waals surface area contributed by atoms with Crippen LogP contribution >= 0.6 is 23.2 Å². The number of rotatable bonds is 3. The van der Waals surface area contributed by atoms with E-state index in [1.807, 2.05) is 63.2 Å². The first-order valence-electron chi connectivity index (χ1n) is 8.76. The molecular weight excluding hydrogens is 397 g/mol. The van der Waals surface area contributed by atoms with Crippen LogP contribution in [0.15, 0.2) is 48.5 Å². The molecule has 1 aliphatic rings. The maximum absolute atomic E-state index is 12.4. The standard InChI is InChI=1S/C17H13Cl2NO.C5H10O2/c1-20-16-10-13(19)6-8-14(16)15(17(20)21)7-5-11-3-2-4-12(18)9-11;1-5(2,3)7-4-6/h2-4,6-10H,5H2,1H3;4H,1-3H3/b15-7+;. The van der Waals surface area contributed by atoms with E-state index in [2.05, 4.69) is 4.74 Å². The first-order valence-corrected chi connectivity index (χ1v) is 9.52. The molecule has 0 radical (unpaired) electrons. The minimum Gasteiger partial charge on any atom is -0.462 e. The molecule has 4 nitrogen and oxygen atoms in total. The van der Waals surface area contributed by atoms with Crippen LogP contribution in [0.3, 0.4) is 0 Å². The van der Waals surface area contributed by atoms with Gasteiger partial charge < -0.3 is 9.64 Å². The number of carbonyl (C=O) groups is 2. The summed E-state index contributed by atoms with van der Waals surface area (Å²) < 4.78 is 4.55. The van der Waals surface area contributed by atoms with Crippen molar-refractivity contribution in [3.8, 4) is 0 Å². The quantitative estimate of drug-likeness (QED) is 0.483. The molecule has 3 rings (SSSR count). The lowest BCUT2D eigenvalue weighted by Crippen LogP contribution is -2.20. The largest absolute Gasteiger partial charge is 0.462 e. The number of fused-ring (bicyclic) bond motifs is 1. The van der Waals surface area contributed by atoms with Crippen LogP contribution in [0.25, 0.3) is 5.57 Å². The summed E-state index contributed by atoms with van der Waals surface area (Å²) in [4.78, 5) is 23.6. The Morgan fingerprint density at radius 2 is 1.75 bits per heavy atom. The molecule has 1 aliphatic heterocycles. The molecule has 0 unspecified atom stereocenters. The Bertz CT molecular complexity index is 901. The van der Waals surface area contributed by atoms with Gasteiger partial charge in [0.05, 0.1) is 5.69 Å². The lowest BCUT2D eigenvalue weighted by atomic mass is 10.0. The van der Waals surface area contributed by atoms with Crippen molar-refractivity contribution in [1.82, 2.24) is 0 Å². The lowest BCUT2D eigenvalue weighted by Gasteiger charge is -2.14. The molecule has 2 aromatic carbocycles. The Morgan fingerprint density at radius 3 is 2.32 bits per heavy atom. The fourth-order valence-electron chi connectivity index (χ4n) is 2.64. The molecule has 2 aromatic rings. The van der Waals surface area contributed by atoms with Crippen molar-refractivity contribution < 1.29 is 14.3 Å². The molecule has 0 N–H and O–H groups in total. The molecule has 1 heterocycles. The molecule has 0 bridgehead atoms. The highest BCUT2D eigenvalue weighted by atomic mass is 35.5. The SMILES string of the molecule is CC(C)(C)OC=O.CN1C(=O)/C(=C/Cc2cccc(Cl)c2)c2ccc(Cl)cc21. The molecular formula is C22H23Cl2NO3. The predicted molar refractivity (Wildman–Crippen MR) is 115 cm³/mol. The first kappa shape index (κ1) is 22.0. The van der Waals surface area contributed by atoms with E-state index >= 15 is 0 Å². The summed E-state index contributed by atoms with van der Waals surface area (Å²) in [5, 5.41) is 1.33. The molecule has 0 atom stereocenters. The third-order valence-corrected chi connectivity index (χ3v) is 4.45. The fraction of sp³-hybridized carbons (Fsp3) is 0.273. The second-order valence-corrected chi connectivity index (χ2v) is 8.18. The van der Waals surface area contributed by atoms with Gasteiger partial charge in [-0.25, -0.2) is 0 Å². The van der Waals surface area contributed by atoms with Crippen LogP contribution in [0.1, 0.15) is 31.9 Å². The summed E-state index contributed by atoms with van der Waals surface area (Å²) >= 11 is 12.0. The minimum atomic E-state index is -0.318. The van der Waals surface area contributed by atoms with Gasteiger partial charge in [0.2, 0.25) is 0 Å². The number of hydrogen-bond acceptors (Lipinski definition) is 3. The Hall–Kier alpha value is -2.30. The van der Waals surface area contributed by atoms with Crippen molar-refractivity contribution in [3.05, 3.63) is 69.7 Å². The number of likely N-dealkylation sites (N-methyl/N-ethyl adjacent to an activating group) is 1. The van der Waals surface area contributed by atoms with E-state index in [9.17, 15) is 9.59 Å². The molecule has 0 aromatic heterocycles. The summed E-state index contributed by atoms with van der Waals surface area (Å²) in [6.45, 7) is 5.92. The van der Waals surface area contributed by atoms with Crippen LogP contribution in [0.4, 0.5) is 5.69 Å². The Balaban J connectivity index is 0.000000345. The zero-order valence-corrected chi connectivity index (χ0v) is 17.8. The van der Waals surface area contributed by atoms with E-state index in [-0.39, 0.29) is 11.5 Å². The molecule has 0 aliphatic carbocycles. The number of benzene rings is 2. The van der Waals surface area contributed by atoms with Gasteiger partial charge >= 0.3 is 0 Å². The second kappa shape index (κ2) is 9.26. The number of ether oxygens (including phenoxy) is 1. The Labute approximate surface area is 175 Å². The van der Waals surface area contributed by atoms with Crippen LogP contribution < -0.4 is 4.90 Å². The number of amides is 1. The first-order chi connectivity index (χ1) is 13.1. The molecule has 28 heavy (non-hydrogen) atoms. The summed E-state index contributed by atoms with van der Waals surface area (Å²) in [5.41, 5.74) is 3.25. The summed E-state index contributed by atoms with van der Waals surface area (Å²) in [7, 11) is 1.76. The van der Waals surface area contributed by atoms with Gasteiger partial charge in [-0.1, -0.05) is 47.5 Å². The summed E-state index contributed by atoms with van der Waals surface area (Å²) in [5.74, 6) is -0.00528. The average Bonchev–Trinajstić information content (AvgIpc) is 2.83. The van der Waals surface area contributed by atoms with Crippen molar-refractivity contribution in [2.45, 2.75) is 32.8 Å². The topological polar surface area (TPSA) is 46.6 Å². The van der Waals surface area contributed by atoms with Crippen LogP contribution in [-0.4, -0.2) is 25.0 Å². The smallest absolute Gasteiger partial charge is 0.293 e. The van der Waals surface area contributed by atoms with Crippen molar-refractivity contribution in [2.75, 3.05) is 11.9 Å². The normalized spacial score (nSPS) is 14.4. The molecule has 6 heteroatoms. The average molecular weight is 420 g/mol. The second-order valence-electron chi connectivity index (χ2n) is 7.30. The molecule has 0 spiro atoms. The predicted octanol–water partition coefficient (Wildman–Crippen LogP) is 5.55. The molecule has 1 amide bonds. The van der Waals surface area contributed by atoms with E-state index in [1.165, 1.54) is 0 Å². The number of anilines is 1. The zero-order valence-electron chi connectivity index (χ0n) is 16.3. The van der Waals surface area contributed by atoms with Gasteiger partial charge in [-0.15, -0.1) is 0 Å². The summed E-state index contributed by atoms with van der Waals surface area (Å²) in [6.07, 6.45) is 2.61. The zero-order chi connectivity index (χ0) is 20.9. The Kier molecular flexibility index (Phi) is 7.28. The van der Waals surface area contributed by atoms with Crippen LogP contribution in [0, 0.1) is 0 Å². The third kappa shape index (κ3) is 5.85. The number of allylic oxidation sites excluding steroid dienone is 1. The molecule has 148 valence electrons. The van der Waals surface area contributed by atoms with E-state index in [1.54, 1.807) is 18.0 Å². The van der Waals surface area contributed by atoms with Crippen molar-refractivity contribution in [1.29, 1.82) is 0 Å². The van der Waals surface area contributed by atoms with E-state index < -0.39 is 0 Å². The Morgan fingerprint density at radius 1 is 1.07 bits per heavy atom. The van der Waals surface area contributed by atoms with Gasteiger partial charge in [0.15, 0.2) is 0 Å². The highest BCUT2D eigenvalue weighted by Gasteiger charge is 2.29. The van der Waals surface area contributed by atoms with E-state index in [0.717, 1.165) is 16.8 Å². The summed E-state index contributed by atoms with van der Waals surface area (Å²) in [6, 6.07) is 13.2. The number of hydrogen-bond donors (Lipinski definition) is 0. The van der Waals surface area contributed by atoms with Gasteiger partial charge in [-0.2, -0.15) is 0 Å². The highest BCUT2D eigenvalue weighted by molar-refractivity contribution is 6.35. The molecule has 0 saturated heterocycles. The number of carbonyl (C=O) groups excluding carboxylic acids is 2. The van der Waals surface area contributed by atoms with Gasteiger partial charge in [0, 0.05) is 28.2 Å². The van der Waals surface area contributed by atoms with Crippen molar-refractivity contribution >= 4 is 46.8 Å². The minimum absolute atomic E-state index is 0.00528. The highest BCUT2D eigenvalue weighted by Crippen LogP contribution is 2.37. The van der Waals surface area contributed by atoms with E-state index in [4.69, 9.17) is 23.2 Å². The van der Waals surface area contributed by atoms with E-state index in [0.29, 0.717) is 28.5 Å². The van der Waals surface area contributed by atoms with Crippen LogP contribution in [-0.2, 0) is 20.7 Å². The van der Waals surface area contributed by atoms with Gasteiger partial charge in [-0.05, 0) is 57.0 Å². The van der Waals surface area contributed by atoms with Crippen molar-refractivity contribution in [3.63, 3.8) is 0 Å². The number of halogens is 2. The molecule has 0 fully saturated rings. The van der Waals surface area contributed by atoms with Crippen LogP contribution in [0.2, 0.25) is 10.0 Å². The van der Waals surface area contributed by atoms with Gasteiger partial charge in [0.1, 0.15) is 5.60 Å². The van der Waals surface area contributed by atoms with Gasteiger partial charge in [-0.3, -0.25) is 9.59 Å². The molecule has 0 saturated carbocycles. The maximum Gasteiger partial charge on any atom is 0.293 e. The fourth-order valence-corrected chi connectivity index (χ4v) is 3.02. The van der Waals surface area contributed by atoms with Crippen molar-refractivity contribution in [2.24, 2.45) is 0 Å². The lowest BCUT2D eigenvalue weighted by molar-refractivity contribution is -0.138. The number of nitrogens with zero attached hydrogens (tertiary/aromatic N) is 1. The third-order valence-electron chi connectivity index (χ3n) is 3.98.